The van der Waals surface area contributed by atoms with Crippen LogP contribution in [0.5, 0.6) is 0 Å². The summed E-state index contributed by atoms with van der Waals surface area (Å²) in [5, 5.41) is 11.6. The summed E-state index contributed by atoms with van der Waals surface area (Å²) in [5.74, 6) is 0. The van der Waals surface area contributed by atoms with Gasteiger partial charge in [0.2, 0.25) is 0 Å². The van der Waals surface area contributed by atoms with Crippen LogP contribution in [0, 0.1) is 13.8 Å². The molecule has 0 saturated heterocycles. The van der Waals surface area contributed by atoms with E-state index in [-0.39, 0.29) is 0 Å². The van der Waals surface area contributed by atoms with Crippen LogP contribution < -0.4 is 5.32 Å². The van der Waals surface area contributed by atoms with E-state index < -0.39 is 0 Å². The van der Waals surface area contributed by atoms with Crippen molar-refractivity contribution in [3.8, 4) is 0 Å². The Labute approximate surface area is 104 Å². The van der Waals surface area contributed by atoms with Crippen molar-refractivity contribution < 1.29 is 0 Å². The van der Waals surface area contributed by atoms with Crippen molar-refractivity contribution >= 4 is 0 Å². The zero-order valence-electron chi connectivity index (χ0n) is 11.6. The average molecular weight is 236 g/mol. The van der Waals surface area contributed by atoms with Gasteiger partial charge < -0.3 is 10.2 Å². The summed E-state index contributed by atoms with van der Waals surface area (Å²) < 4.78 is 0. The molecular weight excluding hydrogens is 212 g/mol. The molecule has 0 aromatic carbocycles. The van der Waals surface area contributed by atoms with Gasteiger partial charge in [0.1, 0.15) is 0 Å². The van der Waals surface area contributed by atoms with E-state index in [1.807, 2.05) is 13.8 Å². The van der Waals surface area contributed by atoms with Gasteiger partial charge in [0, 0.05) is 25.7 Å². The van der Waals surface area contributed by atoms with Crippen molar-refractivity contribution in [1.29, 1.82) is 0 Å². The lowest BCUT2D eigenvalue weighted by Crippen LogP contribution is -2.32. The lowest BCUT2D eigenvalue weighted by molar-refractivity contribution is 0.318. The Balaban J connectivity index is 2.44. The van der Waals surface area contributed by atoms with Gasteiger partial charge in [0.05, 0.1) is 11.4 Å². The predicted octanol–water partition coefficient (Wildman–Crippen LogP) is 1.52. The lowest BCUT2D eigenvalue weighted by Gasteiger charge is -2.18. The Morgan fingerprint density at radius 3 is 2.65 bits per heavy atom. The molecule has 0 radical (unpaired) electrons. The molecule has 1 N–H and O–H groups in total. The summed E-state index contributed by atoms with van der Waals surface area (Å²) >= 11 is 0. The summed E-state index contributed by atoms with van der Waals surface area (Å²) in [7, 11) is 2.14. The van der Waals surface area contributed by atoms with E-state index in [0.29, 0.717) is 6.04 Å². The smallest absolute Gasteiger partial charge is 0.0645 e. The molecule has 1 aromatic heterocycles. The van der Waals surface area contributed by atoms with E-state index in [2.05, 4.69) is 47.4 Å². The van der Waals surface area contributed by atoms with Crippen LogP contribution in [0.15, 0.2) is 6.07 Å². The maximum Gasteiger partial charge on any atom is 0.0645 e. The molecular formula is C13H24N4. The van der Waals surface area contributed by atoms with Crippen LogP contribution in [-0.2, 0) is 6.54 Å². The van der Waals surface area contributed by atoms with Crippen molar-refractivity contribution in [1.82, 2.24) is 20.4 Å². The fourth-order valence-corrected chi connectivity index (χ4v) is 1.68. The number of hydrogen-bond acceptors (Lipinski definition) is 4. The molecule has 1 heterocycles. The normalized spacial score (nSPS) is 11.5. The van der Waals surface area contributed by atoms with Crippen LogP contribution in [-0.4, -0.2) is 41.3 Å². The Bertz CT molecular complexity index is 349. The summed E-state index contributed by atoms with van der Waals surface area (Å²) in [6, 6.07) is 2.67. The molecule has 1 aromatic rings. The standard InChI is InChI=1S/C13H24N4/c1-10(2)14-6-7-17(5)9-13-8-11(3)15-16-12(13)4/h8,10,14H,6-7,9H2,1-5H3. The van der Waals surface area contributed by atoms with Gasteiger partial charge in [-0.15, -0.1) is 0 Å². The minimum Gasteiger partial charge on any atom is -0.313 e. The number of rotatable bonds is 6. The molecule has 0 bridgehead atoms. The van der Waals surface area contributed by atoms with Gasteiger partial charge in [-0.3, -0.25) is 0 Å². The van der Waals surface area contributed by atoms with Gasteiger partial charge in [0.15, 0.2) is 0 Å². The van der Waals surface area contributed by atoms with Crippen molar-refractivity contribution in [2.75, 3.05) is 20.1 Å². The van der Waals surface area contributed by atoms with E-state index in [1.54, 1.807) is 0 Å². The average Bonchev–Trinajstić information content (AvgIpc) is 2.23. The van der Waals surface area contributed by atoms with Crippen LogP contribution in [0.1, 0.15) is 30.8 Å². The number of nitrogens with zero attached hydrogens (tertiary/aromatic N) is 3. The Hall–Kier alpha value is -1.00. The first-order chi connectivity index (χ1) is 7.99. The van der Waals surface area contributed by atoms with Crippen molar-refractivity contribution in [2.24, 2.45) is 0 Å². The molecule has 17 heavy (non-hydrogen) atoms. The Morgan fingerprint density at radius 1 is 1.29 bits per heavy atom. The van der Waals surface area contributed by atoms with E-state index in [1.165, 1.54) is 5.56 Å². The zero-order chi connectivity index (χ0) is 12.8. The summed E-state index contributed by atoms with van der Waals surface area (Å²) in [6.07, 6.45) is 0. The van der Waals surface area contributed by atoms with Crippen LogP contribution >= 0.6 is 0 Å². The maximum atomic E-state index is 4.15. The van der Waals surface area contributed by atoms with Gasteiger partial charge >= 0.3 is 0 Å². The number of nitrogens with one attached hydrogen (secondary N) is 1. The van der Waals surface area contributed by atoms with E-state index in [4.69, 9.17) is 0 Å². The molecule has 0 aliphatic rings. The molecule has 0 aliphatic carbocycles. The van der Waals surface area contributed by atoms with Gasteiger partial charge in [-0.05, 0) is 32.5 Å². The molecule has 0 aliphatic heterocycles. The molecule has 4 heteroatoms. The fraction of sp³-hybridized carbons (Fsp3) is 0.692. The monoisotopic (exact) mass is 236 g/mol. The minimum absolute atomic E-state index is 0.551. The molecule has 0 fully saturated rings. The maximum absolute atomic E-state index is 4.15. The van der Waals surface area contributed by atoms with Crippen molar-refractivity contribution in [2.45, 2.75) is 40.3 Å². The number of hydrogen-bond donors (Lipinski definition) is 1. The minimum atomic E-state index is 0.551. The van der Waals surface area contributed by atoms with E-state index >= 15 is 0 Å². The second-order valence-corrected chi connectivity index (χ2v) is 4.94. The molecule has 0 spiro atoms. The molecule has 0 atom stereocenters. The van der Waals surface area contributed by atoms with Gasteiger partial charge in [-0.2, -0.15) is 10.2 Å². The molecule has 1 rings (SSSR count). The van der Waals surface area contributed by atoms with Gasteiger partial charge in [0.25, 0.3) is 0 Å². The quantitative estimate of drug-likeness (QED) is 0.813. The first-order valence-electron chi connectivity index (χ1n) is 6.20. The van der Waals surface area contributed by atoms with Crippen LogP contribution in [0.4, 0.5) is 0 Å². The third-order valence-corrected chi connectivity index (χ3v) is 2.69. The molecule has 4 nitrogen and oxygen atoms in total. The second kappa shape index (κ2) is 6.67. The summed E-state index contributed by atoms with van der Waals surface area (Å²) in [6.45, 7) is 11.3. The molecule has 96 valence electrons. The van der Waals surface area contributed by atoms with E-state index in [0.717, 1.165) is 31.0 Å². The Kier molecular flexibility index (Phi) is 5.51. The highest BCUT2D eigenvalue weighted by molar-refractivity contribution is 5.19. The van der Waals surface area contributed by atoms with Crippen LogP contribution in [0.25, 0.3) is 0 Å². The van der Waals surface area contributed by atoms with E-state index in [9.17, 15) is 0 Å². The van der Waals surface area contributed by atoms with Gasteiger partial charge in [-0.1, -0.05) is 13.8 Å². The fourth-order valence-electron chi connectivity index (χ4n) is 1.68. The topological polar surface area (TPSA) is 41.0 Å². The predicted molar refractivity (Wildman–Crippen MR) is 71.0 cm³/mol. The zero-order valence-corrected chi connectivity index (χ0v) is 11.6. The van der Waals surface area contributed by atoms with Gasteiger partial charge in [-0.25, -0.2) is 0 Å². The molecule has 0 unspecified atom stereocenters. The number of likely N-dealkylation sites (N-methyl/N-ethyl adjacent to an activating group) is 1. The third kappa shape index (κ3) is 5.24. The highest BCUT2D eigenvalue weighted by Gasteiger charge is 2.05. The SMILES string of the molecule is Cc1cc(CN(C)CCNC(C)C)c(C)nn1. The van der Waals surface area contributed by atoms with Crippen molar-refractivity contribution in [3.05, 3.63) is 23.0 Å². The highest BCUT2D eigenvalue weighted by Crippen LogP contribution is 2.07. The molecule has 0 saturated carbocycles. The summed E-state index contributed by atoms with van der Waals surface area (Å²) in [4.78, 5) is 2.30. The van der Waals surface area contributed by atoms with Crippen LogP contribution in [0.2, 0.25) is 0 Å². The first kappa shape index (κ1) is 14.1. The second-order valence-electron chi connectivity index (χ2n) is 4.94. The molecule has 0 amide bonds. The summed E-state index contributed by atoms with van der Waals surface area (Å²) in [5.41, 5.74) is 3.28. The number of aromatic nitrogens is 2. The number of aryl methyl sites for hydroxylation is 2. The largest absolute Gasteiger partial charge is 0.313 e. The highest BCUT2D eigenvalue weighted by atomic mass is 15.1. The first-order valence-corrected chi connectivity index (χ1v) is 6.20. The van der Waals surface area contributed by atoms with Crippen LogP contribution in [0.3, 0.4) is 0 Å². The third-order valence-electron chi connectivity index (χ3n) is 2.69. The Morgan fingerprint density at radius 2 is 2.00 bits per heavy atom. The lowest BCUT2D eigenvalue weighted by atomic mass is 10.2. The van der Waals surface area contributed by atoms with Crippen molar-refractivity contribution in [3.63, 3.8) is 0 Å².